The number of ether oxygens (including phenoxy) is 1. The molecule has 1 unspecified atom stereocenters. The Balaban J connectivity index is 1.34. The number of rotatable bonds is 8. The molecule has 1 atom stereocenters. The third-order valence-corrected chi connectivity index (χ3v) is 6.16. The third kappa shape index (κ3) is 5.35. The van der Waals surface area contributed by atoms with E-state index in [1.54, 1.807) is 37.3 Å². The lowest BCUT2D eigenvalue weighted by molar-refractivity contribution is -0.130. The summed E-state index contributed by atoms with van der Waals surface area (Å²) in [4.78, 5) is 33.1. The van der Waals surface area contributed by atoms with E-state index in [2.05, 4.69) is 20.6 Å². The maximum Gasteiger partial charge on any atom is 0.255 e. The number of benzene rings is 2. The molecule has 8 nitrogen and oxygen atoms in total. The van der Waals surface area contributed by atoms with Crippen LogP contribution in [0.15, 0.2) is 61.2 Å². The van der Waals surface area contributed by atoms with Crippen molar-refractivity contribution in [2.24, 2.45) is 0 Å². The van der Waals surface area contributed by atoms with Gasteiger partial charge in [-0.25, -0.2) is 9.97 Å². The minimum Gasteiger partial charge on any atom is -0.456 e. The molecule has 176 valence electrons. The van der Waals surface area contributed by atoms with Crippen molar-refractivity contribution >= 4 is 23.4 Å². The lowest BCUT2D eigenvalue weighted by atomic mass is 9.75. The summed E-state index contributed by atoms with van der Waals surface area (Å²) in [6.45, 7) is 1.98. The number of carbonyl (C=O) groups excluding carboxylic acids is 2. The lowest BCUT2D eigenvalue weighted by Crippen LogP contribution is -2.62. The van der Waals surface area contributed by atoms with Crippen LogP contribution in [-0.4, -0.2) is 32.4 Å². The van der Waals surface area contributed by atoms with Crippen molar-refractivity contribution in [2.45, 2.75) is 44.4 Å². The molecule has 0 spiro atoms. The molecule has 1 aliphatic carbocycles. The van der Waals surface area contributed by atoms with Crippen LogP contribution in [0, 0.1) is 0 Å². The number of halogens is 1. The molecule has 1 heterocycles. The molecular formula is C25H25ClN4O4. The Morgan fingerprint density at radius 2 is 1.85 bits per heavy atom. The molecule has 3 N–H and O–H groups in total. The monoisotopic (exact) mass is 480 g/mol. The van der Waals surface area contributed by atoms with Gasteiger partial charge in [0.05, 0.1) is 16.7 Å². The van der Waals surface area contributed by atoms with E-state index in [1.807, 2.05) is 12.1 Å². The van der Waals surface area contributed by atoms with E-state index >= 15 is 0 Å². The number of aromatic nitrogens is 2. The van der Waals surface area contributed by atoms with Crippen LogP contribution in [0.5, 0.6) is 11.5 Å². The number of nitrogens with one attached hydrogen (secondary N) is 2. The van der Waals surface area contributed by atoms with Crippen molar-refractivity contribution in [3.05, 3.63) is 82.9 Å². The van der Waals surface area contributed by atoms with E-state index in [1.165, 1.54) is 18.7 Å². The molecule has 1 saturated carbocycles. The molecule has 3 aromatic rings. The van der Waals surface area contributed by atoms with E-state index in [9.17, 15) is 14.7 Å². The van der Waals surface area contributed by atoms with Gasteiger partial charge in [0.15, 0.2) is 0 Å². The number of nitrogens with zero attached hydrogens (tertiary/aromatic N) is 2. The zero-order chi connectivity index (χ0) is 24.1. The Labute approximate surface area is 202 Å². The van der Waals surface area contributed by atoms with Crippen LogP contribution in [0.25, 0.3) is 0 Å². The molecule has 0 bridgehead atoms. The van der Waals surface area contributed by atoms with Gasteiger partial charge in [0.2, 0.25) is 5.91 Å². The second-order valence-electron chi connectivity index (χ2n) is 8.31. The average molecular weight is 481 g/mol. The van der Waals surface area contributed by atoms with Gasteiger partial charge >= 0.3 is 0 Å². The standard InChI is InChI=1S/C25H25ClN4O4/c1-16(31)18-5-8-22(21(26)11-18)34-20-6-3-17(4-7-20)12-29-24(33)25(9-2-10-25)30-23(32)19-13-27-15-28-14-19/h3-8,11,13-16,31H,2,9-10,12H2,1H3,(H,29,33)(H,30,32). The fourth-order valence-electron chi connectivity index (χ4n) is 3.66. The predicted molar refractivity (Wildman–Crippen MR) is 127 cm³/mol. The summed E-state index contributed by atoms with van der Waals surface area (Å²) in [7, 11) is 0. The Morgan fingerprint density at radius 3 is 2.44 bits per heavy atom. The van der Waals surface area contributed by atoms with Crippen molar-refractivity contribution in [2.75, 3.05) is 0 Å². The Bertz CT molecular complexity index is 1170. The largest absolute Gasteiger partial charge is 0.456 e. The summed E-state index contributed by atoms with van der Waals surface area (Å²) in [6.07, 6.45) is 5.61. The van der Waals surface area contributed by atoms with E-state index in [0.717, 1.165) is 12.0 Å². The first-order chi connectivity index (χ1) is 16.4. The van der Waals surface area contributed by atoms with Gasteiger partial charge in [-0.15, -0.1) is 0 Å². The molecule has 0 aliphatic heterocycles. The van der Waals surface area contributed by atoms with Crippen molar-refractivity contribution in [3.63, 3.8) is 0 Å². The topological polar surface area (TPSA) is 113 Å². The van der Waals surface area contributed by atoms with Gasteiger partial charge in [-0.3, -0.25) is 9.59 Å². The van der Waals surface area contributed by atoms with Crippen molar-refractivity contribution in [1.29, 1.82) is 0 Å². The second-order valence-corrected chi connectivity index (χ2v) is 8.72. The maximum absolute atomic E-state index is 12.9. The molecule has 1 aromatic heterocycles. The van der Waals surface area contributed by atoms with E-state index in [-0.39, 0.29) is 11.8 Å². The molecule has 1 aliphatic rings. The third-order valence-electron chi connectivity index (χ3n) is 5.86. The van der Waals surface area contributed by atoms with Gasteiger partial charge in [0, 0.05) is 18.9 Å². The van der Waals surface area contributed by atoms with Crippen molar-refractivity contribution in [1.82, 2.24) is 20.6 Å². The number of aliphatic hydroxyl groups excluding tert-OH is 1. The summed E-state index contributed by atoms with van der Waals surface area (Å²) in [5.74, 6) is 0.500. The highest BCUT2D eigenvalue weighted by molar-refractivity contribution is 6.32. The molecule has 4 rings (SSSR count). The Morgan fingerprint density at radius 1 is 1.15 bits per heavy atom. The number of carbonyl (C=O) groups is 2. The van der Waals surface area contributed by atoms with Crippen molar-refractivity contribution < 1.29 is 19.4 Å². The zero-order valence-corrected chi connectivity index (χ0v) is 19.4. The number of aliphatic hydroxyl groups is 1. The van der Waals surface area contributed by atoms with E-state index in [0.29, 0.717) is 47.0 Å². The van der Waals surface area contributed by atoms with Gasteiger partial charge in [0.25, 0.3) is 5.91 Å². The fourth-order valence-corrected chi connectivity index (χ4v) is 3.89. The number of amides is 2. The molecule has 0 radical (unpaired) electrons. The number of hydrogen-bond acceptors (Lipinski definition) is 6. The van der Waals surface area contributed by atoms with Crippen LogP contribution in [0.3, 0.4) is 0 Å². The Kier molecular flexibility index (Phi) is 7.09. The molecule has 2 amide bonds. The molecule has 0 saturated heterocycles. The van der Waals surface area contributed by atoms with Crippen LogP contribution in [0.4, 0.5) is 0 Å². The minimum atomic E-state index is -0.912. The predicted octanol–water partition coefficient (Wildman–Crippen LogP) is 3.94. The first kappa shape index (κ1) is 23.7. The summed E-state index contributed by atoms with van der Waals surface area (Å²) in [5.41, 5.74) is 0.998. The first-order valence-electron chi connectivity index (χ1n) is 11.0. The van der Waals surface area contributed by atoms with Gasteiger partial charge in [0.1, 0.15) is 23.4 Å². The van der Waals surface area contributed by atoms with Crippen molar-refractivity contribution in [3.8, 4) is 11.5 Å². The SMILES string of the molecule is CC(O)c1ccc(Oc2ccc(CNC(=O)C3(NC(=O)c4cncnc4)CCC3)cc2)c(Cl)c1. The summed E-state index contributed by atoms with van der Waals surface area (Å²) < 4.78 is 5.83. The summed E-state index contributed by atoms with van der Waals surface area (Å²) in [6, 6.07) is 12.4. The summed E-state index contributed by atoms with van der Waals surface area (Å²) in [5, 5.41) is 15.8. The Hall–Kier alpha value is -3.49. The molecule has 34 heavy (non-hydrogen) atoms. The van der Waals surface area contributed by atoms with Crippen LogP contribution < -0.4 is 15.4 Å². The molecular weight excluding hydrogens is 456 g/mol. The van der Waals surface area contributed by atoms with Crippen LogP contribution in [0.2, 0.25) is 5.02 Å². The molecule has 1 fully saturated rings. The van der Waals surface area contributed by atoms with Gasteiger partial charge in [-0.05, 0) is 61.6 Å². The minimum absolute atomic E-state index is 0.214. The zero-order valence-electron chi connectivity index (χ0n) is 18.6. The first-order valence-corrected chi connectivity index (χ1v) is 11.3. The highest BCUT2D eigenvalue weighted by Crippen LogP contribution is 2.33. The van der Waals surface area contributed by atoms with Crippen LogP contribution in [0.1, 0.15) is 53.8 Å². The van der Waals surface area contributed by atoms with Gasteiger partial charge < -0.3 is 20.5 Å². The molecule has 2 aromatic carbocycles. The summed E-state index contributed by atoms with van der Waals surface area (Å²) >= 11 is 6.26. The maximum atomic E-state index is 12.9. The average Bonchev–Trinajstić information content (AvgIpc) is 2.82. The smallest absolute Gasteiger partial charge is 0.255 e. The van der Waals surface area contributed by atoms with Crippen LogP contribution >= 0.6 is 11.6 Å². The van der Waals surface area contributed by atoms with Gasteiger partial charge in [-0.2, -0.15) is 0 Å². The second kappa shape index (κ2) is 10.2. The molecule has 9 heteroatoms. The number of hydrogen-bond donors (Lipinski definition) is 3. The highest BCUT2D eigenvalue weighted by atomic mass is 35.5. The highest BCUT2D eigenvalue weighted by Gasteiger charge is 2.45. The van der Waals surface area contributed by atoms with E-state index in [4.69, 9.17) is 16.3 Å². The quantitative estimate of drug-likeness (QED) is 0.450. The van der Waals surface area contributed by atoms with Gasteiger partial charge in [-0.1, -0.05) is 29.8 Å². The normalized spacial score (nSPS) is 15.0. The van der Waals surface area contributed by atoms with Crippen LogP contribution in [-0.2, 0) is 11.3 Å². The lowest BCUT2D eigenvalue weighted by Gasteiger charge is -2.40. The van der Waals surface area contributed by atoms with E-state index < -0.39 is 11.6 Å². The fraction of sp³-hybridized carbons (Fsp3) is 0.280.